The van der Waals surface area contributed by atoms with Crippen LogP contribution in [-0.4, -0.2) is 68.2 Å². The number of nitriles is 1. The van der Waals surface area contributed by atoms with Crippen molar-refractivity contribution in [1.82, 2.24) is 9.80 Å². The Balaban J connectivity index is 1.60. The van der Waals surface area contributed by atoms with E-state index < -0.39 is 0 Å². The van der Waals surface area contributed by atoms with Crippen LogP contribution in [0, 0.1) is 18.3 Å². The van der Waals surface area contributed by atoms with E-state index in [4.69, 9.17) is 4.74 Å². The molecule has 3 rings (SSSR count). The zero-order valence-electron chi connectivity index (χ0n) is 14.6. The van der Waals surface area contributed by atoms with Gasteiger partial charge in [0.05, 0.1) is 13.2 Å². The summed E-state index contributed by atoms with van der Waals surface area (Å²) in [6.45, 7) is 7.65. The number of carbonyl (C=O) groups is 1. The predicted octanol–water partition coefficient (Wildman–Crippen LogP) is 1.38. The Morgan fingerprint density at radius 3 is 2.52 bits per heavy atom. The number of ether oxygens (including phenoxy) is 1. The van der Waals surface area contributed by atoms with Gasteiger partial charge in [0.15, 0.2) is 0 Å². The van der Waals surface area contributed by atoms with Gasteiger partial charge in [0, 0.05) is 51.2 Å². The molecule has 2 aliphatic heterocycles. The molecule has 2 fully saturated rings. The molecular weight excluding hydrogens is 316 g/mol. The second kappa shape index (κ2) is 8.04. The van der Waals surface area contributed by atoms with Crippen LogP contribution in [0.4, 0.5) is 5.69 Å². The van der Waals surface area contributed by atoms with Gasteiger partial charge in [-0.1, -0.05) is 12.1 Å². The lowest BCUT2D eigenvalue weighted by Gasteiger charge is -2.36. The van der Waals surface area contributed by atoms with E-state index in [1.165, 1.54) is 11.3 Å². The van der Waals surface area contributed by atoms with Gasteiger partial charge in [-0.2, -0.15) is 5.26 Å². The molecule has 6 nitrogen and oxygen atoms in total. The predicted molar refractivity (Wildman–Crippen MR) is 96.1 cm³/mol. The average Bonchev–Trinajstić information content (AvgIpc) is 2.67. The van der Waals surface area contributed by atoms with Crippen molar-refractivity contribution in [2.75, 3.05) is 57.4 Å². The summed E-state index contributed by atoms with van der Waals surface area (Å²) in [5.74, 6) is -0.188. The molecule has 0 saturated carbocycles. The second-order valence-electron chi connectivity index (χ2n) is 6.42. The van der Waals surface area contributed by atoms with Crippen LogP contribution in [0.1, 0.15) is 5.56 Å². The lowest BCUT2D eigenvalue weighted by Crippen LogP contribution is -2.45. The third-order valence-electron chi connectivity index (χ3n) is 4.64. The van der Waals surface area contributed by atoms with E-state index >= 15 is 0 Å². The Morgan fingerprint density at radius 2 is 1.88 bits per heavy atom. The van der Waals surface area contributed by atoms with Crippen molar-refractivity contribution in [2.45, 2.75) is 6.92 Å². The van der Waals surface area contributed by atoms with Crippen molar-refractivity contribution in [1.29, 1.82) is 5.26 Å². The molecule has 1 aromatic rings. The van der Waals surface area contributed by atoms with Gasteiger partial charge in [-0.15, -0.1) is 0 Å². The van der Waals surface area contributed by atoms with Crippen LogP contribution in [0.2, 0.25) is 0 Å². The average molecular weight is 340 g/mol. The minimum atomic E-state index is -0.188. The summed E-state index contributed by atoms with van der Waals surface area (Å²) >= 11 is 0. The number of aryl methyl sites for hydroxylation is 1. The summed E-state index contributed by atoms with van der Waals surface area (Å²) in [5.41, 5.74) is 2.70. The SMILES string of the molecule is Cc1cccc(N2CCN(/C=C(/C#N)C(=O)N3CCOCC3)CC2)c1. The first-order chi connectivity index (χ1) is 12.2. The van der Waals surface area contributed by atoms with Gasteiger partial charge >= 0.3 is 0 Å². The fourth-order valence-corrected chi connectivity index (χ4v) is 3.19. The molecule has 6 heteroatoms. The highest BCUT2D eigenvalue weighted by molar-refractivity contribution is 5.97. The topological polar surface area (TPSA) is 59.8 Å². The lowest BCUT2D eigenvalue weighted by atomic mass is 10.2. The third-order valence-corrected chi connectivity index (χ3v) is 4.64. The fourth-order valence-electron chi connectivity index (χ4n) is 3.19. The van der Waals surface area contributed by atoms with Gasteiger partial charge in [0.1, 0.15) is 11.6 Å². The lowest BCUT2D eigenvalue weighted by molar-refractivity contribution is -0.130. The largest absolute Gasteiger partial charge is 0.378 e. The first kappa shape index (κ1) is 17.3. The zero-order chi connectivity index (χ0) is 17.6. The van der Waals surface area contributed by atoms with Crippen LogP contribution < -0.4 is 4.90 Å². The molecule has 0 radical (unpaired) electrons. The number of amides is 1. The number of piperazine rings is 1. The van der Waals surface area contributed by atoms with E-state index in [0.29, 0.717) is 26.3 Å². The van der Waals surface area contributed by atoms with Crippen molar-refractivity contribution in [3.8, 4) is 6.07 Å². The molecule has 0 N–H and O–H groups in total. The summed E-state index contributed by atoms with van der Waals surface area (Å²) in [6.07, 6.45) is 1.73. The van der Waals surface area contributed by atoms with Gasteiger partial charge < -0.3 is 19.4 Å². The number of carbonyl (C=O) groups excluding carboxylic acids is 1. The van der Waals surface area contributed by atoms with Gasteiger partial charge in [-0.25, -0.2) is 0 Å². The Kier molecular flexibility index (Phi) is 5.56. The summed E-state index contributed by atoms with van der Waals surface area (Å²) in [5, 5.41) is 9.38. The highest BCUT2D eigenvalue weighted by atomic mass is 16.5. The van der Waals surface area contributed by atoms with Crippen LogP contribution in [0.25, 0.3) is 0 Å². The van der Waals surface area contributed by atoms with Gasteiger partial charge in [-0.05, 0) is 24.6 Å². The fraction of sp³-hybridized carbons (Fsp3) is 0.474. The van der Waals surface area contributed by atoms with Gasteiger partial charge in [-0.3, -0.25) is 4.79 Å². The van der Waals surface area contributed by atoms with E-state index in [-0.39, 0.29) is 11.5 Å². The molecule has 2 heterocycles. The third kappa shape index (κ3) is 4.31. The maximum Gasteiger partial charge on any atom is 0.266 e. The number of rotatable bonds is 3. The number of morpholine rings is 1. The van der Waals surface area contributed by atoms with Crippen LogP contribution in [-0.2, 0) is 9.53 Å². The highest BCUT2D eigenvalue weighted by Crippen LogP contribution is 2.18. The summed E-state index contributed by atoms with van der Waals surface area (Å²) in [4.78, 5) is 18.6. The Morgan fingerprint density at radius 1 is 1.16 bits per heavy atom. The van der Waals surface area contributed by atoms with E-state index in [9.17, 15) is 10.1 Å². The van der Waals surface area contributed by atoms with Gasteiger partial charge in [0.2, 0.25) is 0 Å². The normalized spacial score (nSPS) is 18.9. The smallest absolute Gasteiger partial charge is 0.266 e. The maximum absolute atomic E-state index is 12.5. The quantitative estimate of drug-likeness (QED) is 0.615. The van der Waals surface area contributed by atoms with E-state index in [1.54, 1.807) is 11.1 Å². The number of nitrogens with zero attached hydrogens (tertiary/aromatic N) is 4. The van der Waals surface area contributed by atoms with E-state index in [0.717, 1.165) is 26.2 Å². The molecule has 0 aromatic heterocycles. The minimum Gasteiger partial charge on any atom is -0.378 e. The van der Waals surface area contributed by atoms with Crippen LogP contribution in [0.15, 0.2) is 36.0 Å². The van der Waals surface area contributed by atoms with Crippen molar-refractivity contribution < 1.29 is 9.53 Å². The number of benzene rings is 1. The maximum atomic E-state index is 12.5. The van der Waals surface area contributed by atoms with Crippen LogP contribution >= 0.6 is 0 Å². The Bertz CT molecular complexity index is 681. The minimum absolute atomic E-state index is 0.188. The molecule has 132 valence electrons. The molecule has 2 aliphatic rings. The molecule has 0 atom stereocenters. The molecule has 1 amide bonds. The molecule has 1 aromatic carbocycles. The molecule has 0 spiro atoms. The van der Waals surface area contributed by atoms with Crippen molar-refractivity contribution in [2.24, 2.45) is 0 Å². The number of hydrogen-bond acceptors (Lipinski definition) is 5. The molecular formula is C19H24N4O2. The second-order valence-corrected chi connectivity index (χ2v) is 6.42. The molecule has 25 heavy (non-hydrogen) atoms. The Hall–Kier alpha value is -2.52. The molecule has 2 saturated heterocycles. The molecule has 0 bridgehead atoms. The van der Waals surface area contributed by atoms with E-state index in [1.807, 2.05) is 0 Å². The summed E-state index contributed by atoms with van der Waals surface area (Å²) < 4.78 is 5.26. The van der Waals surface area contributed by atoms with Crippen molar-refractivity contribution >= 4 is 11.6 Å². The van der Waals surface area contributed by atoms with Crippen LogP contribution in [0.3, 0.4) is 0 Å². The van der Waals surface area contributed by atoms with Crippen molar-refractivity contribution in [3.05, 3.63) is 41.6 Å². The first-order valence-electron chi connectivity index (χ1n) is 8.72. The van der Waals surface area contributed by atoms with Crippen molar-refractivity contribution in [3.63, 3.8) is 0 Å². The molecule has 0 aliphatic carbocycles. The van der Waals surface area contributed by atoms with E-state index in [2.05, 4.69) is 47.1 Å². The molecule has 0 unspecified atom stereocenters. The van der Waals surface area contributed by atoms with Gasteiger partial charge in [0.25, 0.3) is 5.91 Å². The van der Waals surface area contributed by atoms with Crippen LogP contribution in [0.5, 0.6) is 0 Å². The number of anilines is 1. The summed E-state index contributed by atoms with van der Waals surface area (Å²) in [7, 11) is 0. The first-order valence-corrected chi connectivity index (χ1v) is 8.72. The Labute approximate surface area is 148 Å². The number of hydrogen-bond donors (Lipinski definition) is 0. The zero-order valence-corrected chi connectivity index (χ0v) is 14.6. The highest BCUT2D eigenvalue weighted by Gasteiger charge is 2.22. The summed E-state index contributed by atoms with van der Waals surface area (Å²) in [6, 6.07) is 10.6. The standard InChI is InChI=1S/C19H24N4O2/c1-16-3-2-4-18(13-16)22-7-5-21(6-8-22)15-17(14-20)19(24)23-9-11-25-12-10-23/h2-4,13,15H,5-12H2,1H3/b17-15-. The monoisotopic (exact) mass is 340 g/mol.